The summed E-state index contributed by atoms with van der Waals surface area (Å²) >= 11 is 2.20. The Balaban J connectivity index is 2.45. The Morgan fingerprint density at radius 1 is 1.56 bits per heavy atom. The summed E-state index contributed by atoms with van der Waals surface area (Å²) in [6, 6.07) is 7.40. The lowest BCUT2D eigenvalue weighted by Crippen LogP contribution is -2.38. The minimum atomic E-state index is -0.216. The van der Waals surface area contributed by atoms with E-state index in [1.165, 1.54) is 0 Å². The van der Waals surface area contributed by atoms with Gasteiger partial charge < -0.3 is 15.4 Å². The highest BCUT2D eigenvalue weighted by Crippen LogP contribution is 2.11. The van der Waals surface area contributed by atoms with Crippen LogP contribution in [0, 0.1) is 3.57 Å². The first-order valence-electron chi connectivity index (χ1n) is 4.94. The van der Waals surface area contributed by atoms with Crippen molar-refractivity contribution in [1.29, 1.82) is 0 Å². The molecule has 0 fully saturated rings. The van der Waals surface area contributed by atoms with Crippen LogP contribution in [0.25, 0.3) is 0 Å². The summed E-state index contributed by atoms with van der Waals surface area (Å²) < 4.78 is 6.01. The summed E-state index contributed by atoms with van der Waals surface area (Å²) in [7, 11) is 1.61. The van der Waals surface area contributed by atoms with Gasteiger partial charge in [0.15, 0.2) is 0 Å². The highest BCUT2D eigenvalue weighted by molar-refractivity contribution is 14.1. The van der Waals surface area contributed by atoms with Gasteiger partial charge in [0.1, 0.15) is 0 Å². The molecule has 0 aliphatic heterocycles. The van der Waals surface area contributed by atoms with Crippen LogP contribution in [-0.4, -0.2) is 25.8 Å². The zero-order valence-electron chi connectivity index (χ0n) is 9.29. The number of halogens is 1. The molecule has 88 valence electrons. The average Bonchev–Trinajstić information content (AvgIpc) is 2.17. The zero-order chi connectivity index (χ0) is 12.0. The van der Waals surface area contributed by atoms with E-state index in [2.05, 4.69) is 33.2 Å². The lowest BCUT2D eigenvalue weighted by Gasteiger charge is -2.13. The van der Waals surface area contributed by atoms with Crippen LogP contribution < -0.4 is 10.6 Å². The summed E-state index contributed by atoms with van der Waals surface area (Å²) in [6.45, 7) is 2.39. The van der Waals surface area contributed by atoms with Crippen molar-refractivity contribution in [3.8, 4) is 0 Å². The van der Waals surface area contributed by atoms with Gasteiger partial charge >= 0.3 is 6.03 Å². The maximum absolute atomic E-state index is 11.5. The maximum Gasteiger partial charge on any atom is 0.319 e. The third-order valence-corrected chi connectivity index (χ3v) is 2.55. The number of carbonyl (C=O) groups excluding carboxylic acids is 1. The third-order valence-electron chi connectivity index (χ3n) is 1.88. The standard InChI is InChI=1S/C11H15IN2O2/c1-8(7-16-2)13-11(15)14-10-5-3-4-9(12)6-10/h3-6,8H,7H2,1-2H3,(H2,13,14,15)/t8-/m0/s1. The highest BCUT2D eigenvalue weighted by atomic mass is 127. The molecular formula is C11H15IN2O2. The predicted octanol–water partition coefficient (Wildman–Crippen LogP) is 2.45. The monoisotopic (exact) mass is 334 g/mol. The van der Waals surface area contributed by atoms with Gasteiger partial charge in [-0.3, -0.25) is 0 Å². The fraction of sp³-hybridized carbons (Fsp3) is 0.364. The van der Waals surface area contributed by atoms with Gasteiger partial charge in [0.2, 0.25) is 0 Å². The van der Waals surface area contributed by atoms with E-state index < -0.39 is 0 Å². The molecule has 0 unspecified atom stereocenters. The van der Waals surface area contributed by atoms with Crippen molar-refractivity contribution >= 4 is 34.3 Å². The summed E-state index contributed by atoms with van der Waals surface area (Å²) in [5.74, 6) is 0. The number of methoxy groups -OCH3 is 1. The second-order valence-corrected chi connectivity index (χ2v) is 4.71. The Kier molecular flexibility index (Phi) is 5.54. The van der Waals surface area contributed by atoms with E-state index in [1.54, 1.807) is 7.11 Å². The molecule has 0 radical (unpaired) electrons. The molecule has 4 nitrogen and oxygen atoms in total. The Labute approximate surface area is 109 Å². The normalized spacial score (nSPS) is 11.9. The van der Waals surface area contributed by atoms with Crippen LogP contribution in [0.1, 0.15) is 6.92 Å². The number of amides is 2. The van der Waals surface area contributed by atoms with Gasteiger partial charge in [-0.2, -0.15) is 0 Å². The van der Waals surface area contributed by atoms with E-state index in [9.17, 15) is 4.79 Å². The van der Waals surface area contributed by atoms with Crippen molar-refractivity contribution in [2.24, 2.45) is 0 Å². The van der Waals surface area contributed by atoms with Crippen LogP contribution in [0.5, 0.6) is 0 Å². The van der Waals surface area contributed by atoms with Gasteiger partial charge in [-0.05, 0) is 47.7 Å². The molecule has 0 saturated heterocycles. The Hall–Kier alpha value is -0.820. The van der Waals surface area contributed by atoms with Crippen molar-refractivity contribution in [2.75, 3.05) is 19.0 Å². The van der Waals surface area contributed by atoms with E-state index in [4.69, 9.17) is 4.74 Å². The lowest BCUT2D eigenvalue weighted by atomic mass is 10.3. The van der Waals surface area contributed by atoms with Crippen LogP contribution in [0.3, 0.4) is 0 Å². The molecule has 0 aliphatic rings. The molecule has 0 aromatic heterocycles. The average molecular weight is 334 g/mol. The highest BCUT2D eigenvalue weighted by Gasteiger charge is 2.06. The van der Waals surface area contributed by atoms with Crippen molar-refractivity contribution in [3.05, 3.63) is 27.8 Å². The molecule has 1 rings (SSSR count). The minimum absolute atomic E-state index is 0.00668. The molecule has 1 atom stereocenters. The first-order valence-corrected chi connectivity index (χ1v) is 6.01. The number of hydrogen-bond acceptors (Lipinski definition) is 2. The quantitative estimate of drug-likeness (QED) is 0.831. The molecule has 1 aromatic rings. The number of benzene rings is 1. The van der Waals surface area contributed by atoms with Crippen LogP contribution in [0.15, 0.2) is 24.3 Å². The van der Waals surface area contributed by atoms with Crippen molar-refractivity contribution in [3.63, 3.8) is 0 Å². The third kappa shape index (κ3) is 4.80. The van der Waals surface area contributed by atoms with Crippen LogP contribution in [0.4, 0.5) is 10.5 Å². The van der Waals surface area contributed by atoms with Crippen LogP contribution >= 0.6 is 22.6 Å². The first-order chi connectivity index (χ1) is 7.61. The molecule has 2 N–H and O–H groups in total. The lowest BCUT2D eigenvalue weighted by molar-refractivity contribution is 0.173. The SMILES string of the molecule is COC[C@H](C)NC(=O)Nc1cccc(I)c1. The van der Waals surface area contributed by atoms with E-state index in [0.29, 0.717) is 6.61 Å². The number of carbonyl (C=O) groups is 1. The van der Waals surface area contributed by atoms with Crippen molar-refractivity contribution in [1.82, 2.24) is 5.32 Å². The number of hydrogen-bond donors (Lipinski definition) is 2. The van der Waals surface area contributed by atoms with Gasteiger partial charge in [-0.15, -0.1) is 0 Å². The molecule has 16 heavy (non-hydrogen) atoms. The van der Waals surface area contributed by atoms with E-state index in [-0.39, 0.29) is 12.1 Å². The molecule has 0 saturated carbocycles. The molecule has 0 aliphatic carbocycles. The first kappa shape index (κ1) is 13.2. The number of rotatable bonds is 4. The molecule has 0 heterocycles. The van der Waals surface area contributed by atoms with E-state index >= 15 is 0 Å². The number of urea groups is 1. The van der Waals surface area contributed by atoms with Crippen molar-refractivity contribution < 1.29 is 9.53 Å². The van der Waals surface area contributed by atoms with Gasteiger partial charge in [0.25, 0.3) is 0 Å². The summed E-state index contributed by atoms with van der Waals surface area (Å²) in [5, 5.41) is 5.53. The Bertz CT molecular complexity index is 358. The maximum atomic E-state index is 11.5. The Morgan fingerprint density at radius 2 is 2.31 bits per heavy atom. The molecule has 0 spiro atoms. The molecule has 2 amide bonds. The molecule has 1 aromatic carbocycles. The zero-order valence-corrected chi connectivity index (χ0v) is 11.4. The fourth-order valence-corrected chi connectivity index (χ4v) is 1.79. The number of nitrogens with one attached hydrogen (secondary N) is 2. The van der Waals surface area contributed by atoms with Crippen molar-refractivity contribution in [2.45, 2.75) is 13.0 Å². The van der Waals surface area contributed by atoms with E-state index in [1.807, 2.05) is 31.2 Å². The summed E-state index contributed by atoms with van der Waals surface area (Å²) in [6.07, 6.45) is 0. The molecular weight excluding hydrogens is 319 g/mol. The van der Waals surface area contributed by atoms with Gasteiger partial charge in [0, 0.05) is 16.4 Å². The summed E-state index contributed by atoms with van der Waals surface area (Å²) in [4.78, 5) is 11.5. The van der Waals surface area contributed by atoms with Gasteiger partial charge in [-0.25, -0.2) is 4.79 Å². The van der Waals surface area contributed by atoms with Crippen LogP contribution in [0.2, 0.25) is 0 Å². The Morgan fingerprint density at radius 3 is 2.94 bits per heavy atom. The topological polar surface area (TPSA) is 50.4 Å². The smallest absolute Gasteiger partial charge is 0.319 e. The van der Waals surface area contributed by atoms with Gasteiger partial charge in [0.05, 0.1) is 12.6 Å². The number of ether oxygens (including phenoxy) is 1. The molecule has 0 bridgehead atoms. The molecule has 5 heteroatoms. The minimum Gasteiger partial charge on any atom is -0.383 e. The van der Waals surface area contributed by atoms with Crippen LogP contribution in [-0.2, 0) is 4.74 Å². The van der Waals surface area contributed by atoms with Gasteiger partial charge in [-0.1, -0.05) is 6.07 Å². The fourth-order valence-electron chi connectivity index (χ4n) is 1.25. The van der Waals surface area contributed by atoms with E-state index in [0.717, 1.165) is 9.26 Å². The second kappa shape index (κ2) is 6.70. The largest absolute Gasteiger partial charge is 0.383 e. The summed E-state index contributed by atoms with van der Waals surface area (Å²) in [5.41, 5.74) is 0.786. The second-order valence-electron chi connectivity index (χ2n) is 3.47. The predicted molar refractivity (Wildman–Crippen MR) is 72.7 cm³/mol. The number of anilines is 1.